The number of rotatable bonds is 3. The first-order valence-electron chi connectivity index (χ1n) is 6.45. The number of nitrogens with zero attached hydrogens (tertiary/aromatic N) is 3. The van der Waals surface area contributed by atoms with Gasteiger partial charge in [-0.3, -0.25) is 4.79 Å². The maximum Gasteiger partial charge on any atom is 0.276 e. The largest absolute Gasteiger partial charge is 0.382 e. The summed E-state index contributed by atoms with van der Waals surface area (Å²) in [4.78, 5) is 22.1. The van der Waals surface area contributed by atoms with E-state index in [0.29, 0.717) is 19.7 Å². The molecule has 0 saturated carbocycles. The number of carbonyl (C=O) groups is 1. The molecule has 0 spiro atoms. The van der Waals surface area contributed by atoms with Crippen molar-refractivity contribution in [3.8, 4) is 0 Å². The van der Waals surface area contributed by atoms with Crippen molar-refractivity contribution in [1.82, 2.24) is 14.9 Å². The molecule has 0 radical (unpaired) electrons. The molecule has 1 saturated heterocycles. The highest BCUT2D eigenvalue weighted by Crippen LogP contribution is 2.23. The third kappa shape index (κ3) is 3.23. The number of ether oxygens (including phenoxy) is 2. The lowest BCUT2D eigenvalue weighted by Gasteiger charge is -2.42. The number of amides is 1. The fraction of sp³-hybridized carbons (Fsp3) is 0.615. The van der Waals surface area contributed by atoms with E-state index in [1.165, 1.54) is 12.4 Å². The Morgan fingerprint density at radius 3 is 2.90 bits per heavy atom. The van der Waals surface area contributed by atoms with Crippen molar-refractivity contribution >= 4 is 11.7 Å². The summed E-state index contributed by atoms with van der Waals surface area (Å²) < 4.78 is 11.0. The molecular weight excluding hydrogens is 260 g/mol. The van der Waals surface area contributed by atoms with Gasteiger partial charge in [-0.25, -0.2) is 9.97 Å². The van der Waals surface area contributed by atoms with Crippen molar-refractivity contribution in [1.29, 1.82) is 0 Å². The maximum atomic E-state index is 12.5. The van der Waals surface area contributed by atoms with Crippen LogP contribution in [-0.2, 0) is 9.47 Å². The average Bonchev–Trinajstić information content (AvgIpc) is 2.37. The number of aromatic nitrogens is 2. The molecular formula is C13H20N4O3. The molecule has 1 aliphatic heterocycles. The summed E-state index contributed by atoms with van der Waals surface area (Å²) in [5.41, 5.74) is 5.46. The van der Waals surface area contributed by atoms with Gasteiger partial charge in [-0.05, 0) is 13.8 Å². The third-order valence-corrected chi connectivity index (χ3v) is 3.05. The number of carbonyl (C=O) groups excluding carboxylic acids is 1. The molecule has 1 fully saturated rings. The van der Waals surface area contributed by atoms with Gasteiger partial charge in [-0.1, -0.05) is 0 Å². The number of hydrogen-bond donors (Lipinski definition) is 1. The van der Waals surface area contributed by atoms with Gasteiger partial charge in [0.2, 0.25) is 0 Å². The number of methoxy groups -OCH3 is 1. The number of morpholine rings is 1. The first-order chi connectivity index (χ1) is 9.43. The summed E-state index contributed by atoms with van der Waals surface area (Å²) in [5.74, 6) is -0.0850. The van der Waals surface area contributed by atoms with Crippen molar-refractivity contribution in [2.45, 2.75) is 25.6 Å². The second-order valence-corrected chi connectivity index (χ2v) is 5.43. The minimum atomic E-state index is -0.436. The highest BCUT2D eigenvalue weighted by Gasteiger charge is 2.36. The van der Waals surface area contributed by atoms with Crippen LogP contribution >= 0.6 is 0 Å². The number of nitrogens with two attached hydrogens (primary N) is 1. The van der Waals surface area contributed by atoms with Crippen LogP contribution in [0.5, 0.6) is 0 Å². The van der Waals surface area contributed by atoms with Gasteiger partial charge in [-0.2, -0.15) is 0 Å². The van der Waals surface area contributed by atoms with E-state index in [9.17, 15) is 4.79 Å². The molecule has 2 rings (SSSR count). The van der Waals surface area contributed by atoms with Gasteiger partial charge < -0.3 is 20.1 Å². The van der Waals surface area contributed by atoms with Crippen molar-refractivity contribution in [3.05, 3.63) is 18.1 Å². The minimum absolute atomic E-state index is 0.144. The molecule has 7 heteroatoms. The van der Waals surface area contributed by atoms with Crippen molar-refractivity contribution in [2.75, 3.05) is 32.5 Å². The molecule has 1 amide bonds. The molecule has 0 aromatic carbocycles. The van der Waals surface area contributed by atoms with Crippen molar-refractivity contribution in [2.24, 2.45) is 0 Å². The smallest absolute Gasteiger partial charge is 0.276 e. The van der Waals surface area contributed by atoms with Crippen LogP contribution in [0.25, 0.3) is 0 Å². The zero-order valence-corrected chi connectivity index (χ0v) is 12.0. The summed E-state index contributed by atoms with van der Waals surface area (Å²) >= 11 is 0. The van der Waals surface area contributed by atoms with Crippen LogP contribution in [0.3, 0.4) is 0 Å². The molecule has 0 bridgehead atoms. The molecule has 1 aliphatic rings. The Hall–Kier alpha value is -1.73. The van der Waals surface area contributed by atoms with Crippen LogP contribution in [0, 0.1) is 0 Å². The Kier molecular flexibility index (Phi) is 4.20. The monoisotopic (exact) mass is 280 g/mol. The van der Waals surface area contributed by atoms with E-state index in [1.54, 1.807) is 12.0 Å². The number of anilines is 1. The van der Waals surface area contributed by atoms with E-state index in [1.807, 2.05) is 13.8 Å². The average molecular weight is 280 g/mol. The lowest BCUT2D eigenvalue weighted by atomic mass is 10.0. The zero-order valence-electron chi connectivity index (χ0n) is 12.0. The fourth-order valence-electron chi connectivity index (χ4n) is 2.39. The SMILES string of the molecule is COC[C@H]1CN(C(=O)c2nccnc2N)CC(C)(C)O1. The van der Waals surface area contributed by atoms with Crippen LogP contribution < -0.4 is 5.73 Å². The second kappa shape index (κ2) is 5.72. The summed E-state index contributed by atoms with van der Waals surface area (Å²) in [5, 5.41) is 0. The first-order valence-corrected chi connectivity index (χ1v) is 6.45. The zero-order chi connectivity index (χ0) is 14.8. The van der Waals surface area contributed by atoms with Crippen LogP contribution in [0.4, 0.5) is 5.82 Å². The quantitative estimate of drug-likeness (QED) is 0.857. The van der Waals surface area contributed by atoms with Crippen LogP contribution in [-0.4, -0.2) is 59.3 Å². The Labute approximate surface area is 118 Å². The van der Waals surface area contributed by atoms with Gasteiger partial charge in [-0.15, -0.1) is 0 Å². The molecule has 2 N–H and O–H groups in total. The summed E-state index contributed by atoms with van der Waals surface area (Å²) in [7, 11) is 1.61. The fourth-order valence-corrected chi connectivity index (χ4v) is 2.39. The lowest BCUT2D eigenvalue weighted by Crippen LogP contribution is -2.55. The summed E-state index contributed by atoms with van der Waals surface area (Å²) in [6.45, 7) is 5.24. The standard InChI is InChI=1S/C13H20N4O3/c1-13(2)8-17(6-9(20-13)7-19-3)12(18)10-11(14)16-5-4-15-10/h4-5,9H,6-8H2,1-3H3,(H2,14,16)/t9-/m1/s1. The highest BCUT2D eigenvalue weighted by molar-refractivity contribution is 5.96. The molecule has 1 aromatic rings. The van der Waals surface area contributed by atoms with Crippen LogP contribution in [0.15, 0.2) is 12.4 Å². The molecule has 0 unspecified atom stereocenters. The van der Waals surface area contributed by atoms with Gasteiger partial charge in [0, 0.05) is 32.6 Å². The number of nitrogen functional groups attached to an aromatic ring is 1. The maximum absolute atomic E-state index is 12.5. The van der Waals surface area contributed by atoms with E-state index in [2.05, 4.69) is 9.97 Å². The van der Waals surface area contributed by atoms with E-state index < -0.39 is 5.60 Å². The minimum Gasteiger partial charge on any atom is -0.382 e. The topological polar surface area (TPSA) is 90.6 Å². The Morgan fingerprint density at radius 1 is 1.55 bits per heavy atom. The van der Waals surface area contributed by atoms with Crippen LogP contribution in [0.1, 0.15) is 24.3 Å². The number of hydrogen-bond acceptors (Lipinski definition) is 6. The van der Waals surface area contributed by atoms with Gasteiger partial charge >= 0.3 is 0 Å². The third-order valence-electron chi connectivity index (χ3n) is 3.05. The molecule has 110 valence electrons. The molecule has 1 aromatic heterocycles. The lowest BCUT2D eigenvalue weighted by molar-refractivity contribution is -0.143. The van der Waals surface area contributed by atoms with Crippen molar-refractivity contribution in [3.63, 3.8) is 0 Å². The highest BCUT2D eigenvalue weighted by atomic mass is 16.5. The summed E-state index contributed by atoms with van der Waals surface area (Å²) in [6, 6.07) is 0. The first kappa shape index (κ1) is 14.7. The summed E-state index contributed by atoms with van der Waals surface area (Å²) in [6.07, 6.45) is 2.76. The van der Waals surface area contributed by atoms with Crippen LogP contribution in [0.2, 0.25) is 0 Å². The van der Waals surface area contributed by atoms with E-state index in [0.717, 1.165) is 0 Å². The van der Waals surface area contributed by atoms with Gasteiger partial charge in [0.25, 0.3) is 5.91 Å². The molecule has 2 heterocycles. The predicted molar refractivity (Wildman–Crippen MR) is 73.2 cm³/mol. The Bertz CT molecular complexity index is 492. The molecule has 0 aliphatic carbocycles. The van der Waals surface area contributed by atoms with Gasteiger partial charge in [0.05, 0.1) is 18.3 Å². The molecule has 7 nitrogen and oxygen atoms in total. The molecule has 20 heavy (non-hydrogen) atoms. The van der Waals surface area contributed by atoms with E-state index >= 15 is 0 Å². The van der Waals surface area contributed by atoms with E-state index in [-0.39, 0.29) is 23.5 Å². The molecule has 1 atom stereocenters. The Balaban J connectivity index is 2.18. The van der Waals surface area contributed by atoms with E-state index in [4.69, 9.17) is 15.2 Å². The normalized spacial score (nSPS) is 21.8. The Morgan fingerprint density at radius 2 is 2.25 bits per heavy atom. The predicted octanol–water partition coefficient (Wildman–Crippen LogP) is 0.325. The van der Waals surface area contributed by atoms with Gasteiger partial charge in [0.15, 0.2) is 11.5 Å². The van der Waals surface area contributed by atoms with Gasteiger partial charge in [0.1, 0.15) is 0 Å². The van der Waals surface area contributed by atoms with Crippen molar-refractivity contribution < 1.29 is 14.3 Å². The second-order valence-electron chi connectivity index (χ2n) is 5.43.